The lowest BCUT2D eigenvalue weighted by Gasteiger charge is -2.49. The number of hydrogen-bond donors (Lipinski definition) is 2. The number of aliphatic hydroxyl groups is 1. The molecule has 2 aromatic rings. The maximum Gasteiger partial charge on any atom is 0.416 e. The highest BCUT2D eigenvalue weighted by atomic mass is 35.5. The quantitative estimate of drug-likeness (QED) is 0.415. The van der Waals surface area contributed by atoms with Gasteiger partial charge in [-0.05, 0) is 111 Å². The molecule has 2 fully saturated rings. The highest BCUT2D eigenvalue weighted by Crippen LogP contribution is 2.47. The van der Waals surface area contributed by atoms with E-state index >= 15 is 0 Å². The van der Waals surface area contributed by atoms with E-state index in [1.54, 1.807) is 25.1 Å². The monoisotopic (exact) mass is 715 g/mol. The van der Waals surface area contributed by atoms with Crippen LogP contribution >= 0.6 is 11.6 Å². The number of aryl methyl sites for hydroxylation is 1. The summed E-state index contributed by atoms with van der Waals surface area (Å²) in [5, 5.41) is 12.1. The van der Waals surface area contributed by atoms with Gasteiger partial charge in [-0.15, -0.1) is 0 Å². The lowest BCUT2D eigenvalue weighted by Crippen LogP contribution is -2.53. The second-order valence-corrected chi connectivity index (χ2v) is 16.7. The van der Waals surface area contributed by atoms with Crippen molar-refractivity contribution < 1.29 is 37.4 Å². The van der Waals surface area contributed by atoms with Gasteiger partial charge in [-0.3, -0.25) is 9.59 Å². The minimum Gasteiger partial charge on any atom is -0.487 e. The van der Waals surface area contributed by atoms with Crippen LogP contribution in [0.5, 0.6) is 5.75 Å². The second-order valence-electron chi connectivity index (χ2n) is 14.2. The molecule has 2 N–H and O–H groups in total. The van der Waals surface area contributed by atoms with Gasteiger partial charge in [0.1, 0.15) is 19.0 Å². The third kappa shape index (κ3) is 7.71. The number of cyclic esters (lactones) is 1. The molecule has 0 radical (unpaired) electrons. The van der Waals surface area contributed by atoms with E-state index in [4.69, 9.17) is 21.1 Å². The predicted octanol–water partition coefficient (Wildman–Crippen LogP) is 5.46. The predicted molar refractivity (Wildman–Crippen MR) is 185 cm³/mol. The van der Waals surface area contributed by atoms with E-state index < -0.39 is 38.8 Å². The summed E-state index contributed by atoms with van der Waals surface area (Å²) < 4.78 is 40.5. The average molecular weight is 716 g/mol. The van der Waals surface area contributed by atoms with Crippen molar-refractivity contribution in [1.82, 2.24) is 9.62 Å². The molecule has 6 rings (SSSR count). The molecule has 1 saturated carbocycles. The SMILES string of the molecule is C[C@@H]1[C@@H](C)CCC[C@@](O)(CC(=O)N2CCOC2=O)[C@@H]2CC[C@H]2CN2CCCCc3cc(Cl)ccc3COc3ccc(cc32)C(=O)NS1(=O)=O. The number of imide groups is 1. The normalized spacial score (nSPS) is 29.2. The number of nitrogens with one attached hydrogen (secondary N) is 1. The number of nitrogens with zero attached hydrogens (tertiary/aromatic N) is 2. The van der Waals surface area contributed by atoms with E-state index in [-0.39, 0.29) is 55.9 Å². The molecule has 0 spiro atoms. The maximum absolute atomic E-state index is 13.5. The van der Waals surface area contributed by atoms with Crippen molar-refractivity contribution in [2.75, 3.05) is 31.1 Å². The molecule has 2 aromatic carbocycles. The highest BCUT2D eigenvalue weighted by molar-refractivity contribution is 7.90. The Morgan fingerprint density at radius 3 is 2.57 bits per heavy atom. The zero-order valence-corrected chi connectivity index (χ0v) is 29.7. The van der Waals surface area contributed by atoms with Crippen LogP contribution in [0.15, 0.2) is 36.4 Å². The number of carbonyl (C=O) groups excluding carboxylic acids is 3. The van der Waals surface area contributed by atoms with Gasteiger partial charge < -0.3 is 19.5 Å². The molecular formula is C36H46ClN3O8S. The number of carbonyl (C=O) groups is 3. The maximum atomic E-state index is 13.5. The second kappa shape index (κ2) is 14.5. The molecule has 5 atom stereocenters. The molecule has 1 aliphatic carbocycles. The van der Waals surface area contributed by atoms with Gasteiger partial charge in [-0.1, -0.05) is 31.0 Å². The molecule has 13 heteroatoms. The molecular weight excluding hydrogens is 670 g/mol. The summed E-state index contributed by atoms with van der Waals surface area (Å²) in [6.45, 7) is 5.14. The molecule has 3 aliphatic heterocycles. The van der Waals surface area contributed by atoms with Crippen molar-refractivity contribution in [2.24, 2.45) is 17.8 Å². The Morgan fingerprint density at radius 2 is 1.84 bits per heavy atom. The molecule has 3 amide bonds. The molecule has 1 saturated heterocycles. The van der Waals surface area contributed by atoms with Crippen molar-refractivity contribution in [3.8, 4) is 5.75 Å². The van der Waals surface area contributed by atoms with Crippen LogP contribution in [0, 0.1) is 17.8 Å². The molecule has 11 nitrogen and oxygen atoms in total. The van der Waals surface area contributed by atoms with Gasteiger partial charge in [-0.2, -0.15) is 0 Å². The zero-order valence-electron chi connectivity index (χ0n) is 28.2. The third-order valence-corrected chi connectivity index (χ3v) is 13.3. The van der Waals surface area contributed by atoms with Crippen LogP contribution in [0.1, 0.15) is 86.7 Å². The number of fused-ring (bicyclic) bond motifs is 3. The average Bonchev–Trinajstić information content (AvgIpc) is 3.46. The Balaban J connectivity index is 1.37. The summed E-state index contributed by atoms with van der Waals surface area (Å²) in [6, 6.07) is 10.8. The molecule has 49 heavy (non-hydrogen) atoms. The van der Waals surface area contributed by atoms with Crippen LogP contribution in [0.4, 0.5) is 10.5 Å². The van der Waals surface area contributed by atoms with Crippen molar-refractivity contribution in [3.63, 3.8) is 0 Å². The first-order valence-corrected chi connectivity index (χ1v) is 19.3. The third-order valence-electron chi connectivity index (χ3n) is 11.1. The number of ether oxygens (including phenoxy) is 2. The Morgan fingerprint density at radius 1 is 1.02 bits per heavy atom. The van der Waals surface area contributed by atoms with Gasteiger partial charge in [0.05, 0.1) is 29.5 Å². The van der Waals surface area contributed by atoms with Gasteiger partial charge in [0.15, 0.2) is 0 Å². The lowest BCUT2D eigenvalue weighted by atomic mass is 9.62. The molecule has 0 unspecified atom stereocenters. The van der Waals surface area contributed by atoms with E-state index in [1.165, 1.54) is 0 Å². The van der Waals surface area contributed by atoms with Gasteiger partial charge >= 0.3 is 6.09 Å². The summed E-state index contributed by atoms with van der Waals surface area (Å²) in [7, 11) is -4.04. The minimum atomic E-state index is -4.04. The van der Waals surface area contributed by atoms with E-state index in [1.807, 2.05) is 25.1 Å². The molecule has 4 aliphatic rings. The Kier molecular flexibility index (Phi) is 10.5. The largest absolute Gasteiger partial charge is 0.487 e. The molecule has 0 aromatic heterocycles. The number of hydrogen-bond acceptors (Lipinski definition) is 9. The number of benzene rings is 2. The minimum absolute atomic E-state index is 0.0272. The summed E-state index contributed by atoms with van der Waals surface area (Å²) in [4.78, 5) is 42.4. The Bertz CT molecular complexity index is 1700. The van der Waals surface area contributed by atoms with Gasteiger partial charge in [-0.25, -0.2) is 22.8 Å². The molecule has 2 bridgehead atoms. The van der Waals surface area contributed by atoms with E-state index in [9.17, 15) is 27.9 Å². The summed E-state index contributed by atoms with van der Waals surface area (Å²) in [6.07, 6.45) is 4.38. The van der Waals surface area contributed by atoms with Crippen LogP contribution in [0.2, 0.25) is 5.02 Å². The first kappa shape index (κ1) is 35.5. The number of rotatable bonds is 2. The van der Waals surface area contributed by atoms with E-state index in [0.29, 0.717) is 42.4 Å². The van der Waals surface area contributed by atoms with Crippen LogP contribution in [-0.2, 0) is 32.6 Å². The van der Waals surface area contributed by atoms with E-state index in [0.717, 1.165) is 48.1 Å². The van der Waals surface area contributed by atoms with Crippen molar-refractivity contribution in [1.29, 1.82) is 0 Å². The Labute approximate surface area is 293 Å². The first-order chi connectivity index (χ1) is 23.3. The van der Waals surface area contributed by atoms with Crippen molar-refractivity contribution in [2.45, 2.75) is 89.1 Å². The van der Waals surface area contributed by atoms with Crippen molar-refractivity contribution >= 4 is 45.2 Å². The lowest BCUT2D eigenvalue weighted by molar-refractivity contribution is -0.142. The molecule has 3 heterocycles. The smallest absolute Gasteiger partial charge is 0.416 e. The standard InChI is InChI=1S/C36H46ClN3O8S/c1-23-6-5-14-36(44,20-33(41)40-16-17-47-35(40)43)30-12-9-27(30)21-39-15-4-3-7-25-18-29(37)11-8-28(25)22-48-32-13-10-26(19-31(32)39)34(42)38-49(45,46)24(23)2/h8,10-11,13,18-19,23-24,27,30,44H,3-7,9,12,14-17,20-22H2,1-2H3,(H,38,42)/t23-,24+,27-,30+,36+/m0/s1. The topological polar surface area (TPSA) is 143 Å². The van der Waals surface area contributed by atoms with Gasteiger partial charge in [0.2, 0.25) is 15.9 Å². The molecule has 266 valence electrons. The number of halogens is 1. The van der Waals surface area contributed by atoms with Crippen molar-refractivity contribution in [3.05, 3.63) is 58.1 Å². The number of sulfonamides is 1. The first-order valence-electron chi connectivity index (χ1n) is 17.4. The summed E-state index contributed by atoms with van der Waals surface area (Å²) >= 11 is 6.34. The summed E-state index contributed by atoms with van der Waals surface area (Å²) in [5.74, 6) is -1.13. The fraction of sp³-hybridized carbons (Fsp3) is 0.583. The fourth-order valence-electron chi connectivity index (χ4n) is 7.79. The van der Waals surface area contributed by atoms with Crippen LogP contribution in [0.3, 0.4) is 0 Å². The van der Waals surface area contributed by atoms with Crippen LogP contribution in [0.25, 0.3) is 0 Å². The van der Waals surface area contributed by atoms with Crippen LogP contribution < -0.4 is 14.4 Å². The highest BCUT2D eigenvalue weighted by Gasteiger charge is 2.49. The zero-order chi connectivity index (χ0) is 34.9. The number of amides is 3. The fourth-order valence-corrected chi connectivity index (χ4v) is 9.30. The Hall–Kier alpha value is -3.35. The van der Waals surface area contributed by atoms with Crippen LogP contribution in [-0.4, -0.2) is 73.4 Å². The summed E-state index contributed by atoms with van der Waals surface area (Å²) in [5.41, 5.74) is 1.61. The number of anilines is 1. The van der Waals surface area contributed by atoms with Gasteiger partial charge in [0.25, 0.3) is 5.91 Å². The van der Waals surface area contributed by atoms with Gasteiger partial charge in [0, 0.05) is 23.7 Å². The van der Waals surface area contributed by atoms with E-state index in [2.05, 4.69) is 9.62 Å².